The second kappa shape index (κ2) is 5.60. The SMILES string of the molecule is Cc1cc(NS(=O)(=O)CC(C)CCl)ccc1O. The molecule has 6 heteroatoms. The van der Waals surface area contributed by atoms with Gasteiger partial charge in [-0.2, -0.15) is 0 Å². The molecule has 1 atom stereocenters. The molecule has 0 amide bonds. The molecule has 0 aromatic heterocycles. The van der Waals surface area contributed by atoms with Gasteiger partial charge >= 0.3 is 0 Å². The number of anilines is 1. The summed E-state index contributed by atoms with van der Waals surface area (Å²) in [5.41, 5.74) is 1.07. The van der Waals surface area contributed by atoms with Crippen molar-refractivity contribution in [2.45, 2.75) is 13.8 Å². The summed E-state index contributed by atoms with van der Waals surface area (Å²) in [5.74, 6) is 0.320. The largest absolute Gasteiger partial charge is 0.508 e. The van der Waals surface area contributed by atoms with Crippen LogP contribution in [0.2, 0.25) is 0 Å². The predicted octanol–water partition coefficient (Wildman–Crippen LogP) is 2.32. The van der Waals surface area contributed by atoms with Crippen LogP contribution in [0.4, 0.5) is 5.69 Å². The van der Waals surface area contributed by atoms with E-state index >= 15 is 0 Å². The van der Waals surface area contributed by atoms with Crippen LogP contribution in [-0.4, -0.2) is 25.2 Å². The van der Waals surface area contributed by atoms with Crippen molar-refractivity contribution in [2.24, 2.45) is 5.92 Å². The van der Waals surface area contributed by atoms with E-state index in [1.54, 1.807) is 19.9 Å². The molecule has 2 N–H and O–H groups in total. The first-order valence-electron chi connectivity index (χ1n) is 5.20. The van der Waals surface area contributed by atoms with Gasteiger partial charge in [0.1, 0.15) is 5.75 Å². The summed E-state index contributed by atoms with van der Waals surface area (Å²) in [6, 6.07) is 4.56. The molecule has 0 radical (unpaired) electrons. The normalized spacial score (nSPS) is 13.4. The number of benzene rings is 1. The number of hydrogen-bond donors (Lipinski definition) is 2. The second-order valence-corrected chi connectivity index (χ2v) is 6.22. The average molecular weight is 278 g/mol. The molecule has 0 aliphatic heterocycles. The zero-order chi connectivity index (χ0) is 13.1. The topological polar surface area (TPSA) is 66.4 Å². The highest BCUT2D eigenvalue weighted by molar-refractivity contribution is 7.92. The summed E-state index contributed by atoms with van der Waals surface area (Å²) in [6.45, 7) is 3.48. The van der Waals surface area contributed by atoms with Gasteiger partial charge in [-0.1, -0.05) is 6.92 Å². The number of halogens is 1. The molecule has 96 valence electrons. The van der Waals surface area contributed by atoms with E-state index in [0.29, 0.717) is 17.1 Å². The van der Waals surface area contributed by atoms with Crippen LogP contribution in [0.15, 0.2) is 18.2 Å². The average Bonchev–Trinajstić information content (AvgIpc) is 2.22. The van der Waals surface area contributed by atoms with Crippen molar-refractivity contribution in [3.05, 3.63) is 23.8 Å². The second-order valence-electron chi connectivity index (χ2n) is 4.14. The van der Waals surface area contributed by atoms with Crippen LogP contribution in [0.3, 0.4) is 0 Å². The molecular formula is C11H16ClNO3S. The van der Waals surface area contributed by atoms with E-state index in [0.717, 1.165) is 0 Å². The molecule has 0 aliphatic rings. The molecule has 4 nitrogen and oxygen atoms in total. The van der Waals surface area contributed by atoms with Crippen molar-refractivity contribution in [2.75, 3.05) is 16.4 Å². The first-order valence-corrected chi connectivity index (χ1v) is 7.39. The van der Waals surface area contributed by atoms with Gasteiger partial charge < -0.3 is 5.11 Å². The highest BCUT2D eigenvalue weighted by Gasteiger charge is 2.15. The van der Waals surface area contributed by atoms with Crippen molar-refractivity contribution < 1.29 is 13.5 Å². The maximum atomic E-state index is 11.7. The maximum Gasteiger partial charge on any atom is 0.233 e. The molecule has 0 aliphatic carbocycles. The summed E-state index contributed by atoms with van der Waals surface area (Å²) in [5, 5.41) is 9.33. The van der Waals surface area contributed by atoms with E-state index in [1.165, 1.54) is 12.1 Å². The number of nitrogens with one attached hydrogen (secondary N) is 1. The van der Waals surface area contributed by atoms with Crippen LogP contribution in [0.1, 0.15) is 12.5 Å². The van der Waals surface area contributed by atoms with Crippen molar-refractivity contribution in [3.8, 4) is 5.75 Å². The van der Waals surface area contributed by atoms with Crippen LogP contribution < -0.4 is 4.72 Å². The molecule has 1 aromatic rings. The fourth-order valence-corrected chi connectivity index (χ4v) is 3.03. The third-order valence-corrected chi connectivity index (χ3v) is 4.32. The first-order chi connectivity index (χ1) is 7.84. The van der Waals surface area contributed by atoms with E-state index in [1.807, 2.05) is 0 Å². The van der Waals surface area contributed by atoms with Gasteiger partial charge in [-0.3, -0.25) is 4.72 Å². The van der Waals surface area contributed by atoms with E-state index in [9.17, 15) is 13.5 Å². The molecule has 1 aromatic carbocycles. The Kier molecular flexibility index (Phi) is 4.65. The Balaban J connectivity index is 2.80. The molecule has 1 rings (SSSR count). The maximum absolute atomic E-state index is 11.7. The Hall–Kier alpha value is -0.940. The monoisotopic (exact) mass is 277 g/mol. The number of rotatable bonds is 5. The summed E-state index contributed by atoms with van der Waals surface area (Å²) >= 11 is 5.58. The van der Waals surface area contributed by atoms with Gasteiger partial charge in [-0.25, -0.2) is 8.42 Å². The molecular weight excluding hydrogens is 262 g/mol. The quantitative estimate of drug-likeness (QED) is 0.641. The van der Waals surface area contributed by atoms with Gasteiger partial charge in [0.2, 0.25) is 10.0 Å². The number of aromatic hydroxyl groups is 1. The van der Waals surface area contributed by atoms with Crippen molar-refractivity contribution in [1.82, 2.24) is 0 Å². The van der Waals surface area contributed by atoms with Crippen molar-refractivity contribution in [1.29, 1.82) is 0 Å². The molecule has 17 heavy (non-hydrogen) atoms. The fourth-order valence-electron chi connectivity index (χ4n) is 1.36. The minimum atomic E-state index is -3.39. The Labute approximate surface area is 107 Å². The molecule has 0 bridgehead atoms. The van der Waals surface area contributed by atoms with Gasteiger partial charge in [0.05, 0.1) is 5.75 Å². The van der Waals surface area contributed by atoms with Gasteiger partial charge in [0.25, 0.3) is 0 Å². The molecule has 0 saturated carbocycles. The van der Waals surface area contributed by atoms with Gasteiger partial charge in [-0.15, -0.1) is 11.6 Å². The molecule has 0 fully saturated rings. The smallest absolute Gasteiger partial charge is 0.233 e. The number of alkyl halides is 1. The highest BCUT2D eigenvalue weighted by atomic mass is 35.5. The fraction of sp³-hybridized carbons (Fsp3) is 0.455. The lowest BCUT2D eigenvalue weighted by atomic mass is 10.2. The highest BCUT2D eigenvalue weighted by Crippen LogP contribution is 2.21. The predicted molar refractivity (Wildman–Crippen MR) is 70.1 cm³/mol. The number of sulfonamides is 1. The van der Waals surface area contributed by atoms with E-state index in [2.05, 4.69) is 4.72 Å². The van der Waals surface area contributed by atoms with Crippen LogP contribution in [0.25, 0.3) is 0 Å². The standard InChI is InChI=1S/C11H16ClNO3S/c1-8(6-12)7-17(15,16)13-10-3-4-11(14)9(2)5-10/h3-5,8,13-14H,6-7H2,1-2H3. The van der Waals surface area contributed by atoms with Crippen LogP contribution in [0, 0.1) is 12.8 Å². The Bertz CT molecular complexity index is 487. The van der Waals surface area contributed by atoms with Crippen molar-refractivity contribution in [3.63, 3.8) is 0 Å². The van der Waals surface area contributed by atoms with E-state index in [4.69, 9.17) is 11.6 Å². The molecule has 1 unspecified atom stereocenters. The molecule has 0 spiro atoms. The van der Waals surface area contributed by atoms with Gasteiger partial charge in [0, 0.05) is 11.6 Å². The Morgan fingerprint density at radius 2 is 2.12 bits per heavy atom. The Morgan fingerprint density at radius 1 is 1.47 bits per heavy atom. The zero-order valence-corrected chi connectivity index (χ0v) is 11.3. The van der Waals surface area contributed by atoms with E-state index in [-0.39, 0.29) is 17.4 Å². The summed E-state index contributed by atoms with van der Waals surface area (Å²) in [7, 11) is -3.39. The number of hydrogen-bond acceptors (Lipinski definition) is 3. The van der Waals surface area contributed by atoms with Gasteiger partial charge in [0.15, 0.2) is 0 Å². The first kappa shape index (κ1) is 14.1. The Morgan fingerprint density at radius 3 is 2.65 bits per heavy atom. The van der Waals surface area contributed by atoms with Crippen molar-refractivity contribution >= 4 is 27.3 Å². The van der Waals surface area contributed by atoms with Gasteiger partial charge in [-0.05, 0) is 36.6 Å². The minimum absolute atomic E-state index is 0.0174. The number of phenols is 1. The lowest BCUT2D eigenvalue weighted by molar-refractivity contribution is 0.471. The summed E-state index contributed by atoms with van der Waals surface area (Å²) in [4.78, 5) is 0. The summed E-state index contributed by atoms with van der Waals surface area (Å²) < 4.78 is 25.9. The lowest BCUT2D eigenvalue weighted by Gasteiger charge is -2.11. The van der Waals surface area contributed by atoms with Crippen LogP contribution in [-0.2, 0) is 10.0 Å². The van der Waals surface area contributed by atoms with Crippen LogP contribution >= 0.6 is 11.6 Å². The third kappa shape index (κ3) is 4.44. The van der Waals surface area contributed by atoms with Crippen LogP contribution in [0.5, 0.6) is 5.75 Å². The minimum Gasteiger partial charge on any atom is -0.508 e. The summed E-state index contributed by atoms with van der Waals surface area (Å²) in [6.07, 6.45) is 0. The third-order valence-electron chi connectivity index (χ3n) is 2.24. The molecule has 0 saturated heterocycles. The lowest BCUT2D eigenvalue weighted by Crippen LogP contribution is -2.22. The molecule has 0 heterocycles. The van der Waals surface area contributed by atoms with E-state index < -0.39 is 10.0 Å². The zero-order valence-electron chi connectivity index (χ0n) is 9.77. The number of aryl methyl sites for hydroxylation is 1. The number of phenolic OH excluding ortho intramolecular Hbond substituents is 1.